The van der Waals surface area contributed by atoms with E-state index in [9.17, 15) is 17.6 Å². The summed E-state index contributed by atoms with van der Waals surface area (Å²) in [6, 6.07) is 9.85. The number of carbonyl (C=O) groups is 1. The summed E-state index contributed by atoms with van der Waals surface area (Å²) in [4.78, 5) is 12.4. The first-order chi connectivity index (χ1) is 11.6. The molecule has 134 valence electrons. The van der Waals surface area contributed by atoms with Crippen LogP contribution < -0.4 is 5.32 Å². The van der Waals surface area contributed by atoms with Crippen LogP contribution in [0.4, 0.5) is 10.1 Å². The Labute approximate surface area is 147 Å². The van der Waals surface area contributed by atoms with Crippen LogP contribution in [-0.4, -0.2) is 31.7 Å². The van der Waals surface area contributed by atoms with Gasteiger partial charge in [0.15, 0.2) is 0 Å². The molecular formula is C18H21FN2O3S. The second-order valence-corrected chi connectivity index (χ2v) is 8.08. The van der Waals surface area contributed by atoms with Crippen LogP contribution in [0.1, 0.15) is 29.8 Å². The van der Waals surface area contributed by atoms with Crippen molar-refractivity contribution in [2.24, 2.45) is 0 Å². The highest BCUT2D eigenvalue weighted by Gasteiger charge is 2.24. The lowest BCUT2D eigenvalue weighted by atomic mass is 10.2. The first kappa shape index (κ1) is 19.1. The second-order valence-electron chi connectivity index (χ2n) is 6.08. The standard InChI is InChI=1S/C18H21FN2O3S/c1-12(2)21(4)25(23,24)15-7-5-6-14(11-15)18(22)20-17-10-13(3)8-9-16(17)19/h5-12H,1-4H3,(H,20,22). The van der Waals surface area contributed by atoms with Crippen LogP contribution in [0, 0.1) is 12.7 Å². The Hall–Kier alpha value is -2.25. The zero-order valence-corrected chi connectivity index (χ0v) is 15.4. The maximum atomic E-state index is 13.8. The number of benzene rings is 2. The topological polar surface area (TPSA) is 66.5 Å². The largest absolute Gasteiger partial charge is 0.319 e. The minimum Gasteiger partial charge on any atom is -0.319 e. The van der Waals surface area contributed by atoms with Crippen LogP contribution in [0.2, 0.25) is 0 Å². The molecule has 0 aliphatic carbocycles. The summed E-state index contributed by atoms with van der Waals surface area (Å²) in [5, 5.41) is 2.48. The summed E-state index contributed by atoms with van der Waals surface area (Å²) >= 11 is 0. The molecule has 0 bridgehead atoms. The van der Waals surface area contributed by atoms with E-state index in [2.05, 4.69) is 5.32 Å². The Morgan fingerprint density at radius 3 is 2.48 bits per heavy atom. The molecule has 1 N–H and O–H groups in total. The normalized spacial score (nSPS) is 11.8. The number of amides is 1. The average Bonchev–Trinajstić information content (AvgIpc) is 2.57. The number of hydrogen-bond acceptors (Lipinski definition) is 3. The molecular weight excluding hydrogens is 343 g/mol. The third-order valence-corrected chi connectivity index (χ3v) is 5.90. The van der Waals surface area contributed by atoms with E-state index in [4.69, 9.17) is 0 Å². The molecule has 0 aliphatic heterocycles. The van der Waals surface area contributed by atoms with Crippen LogP contribution in [0.25, 0.3) is 0 Å². The van der Waals surface area contributed by atoms with Crippen molar-refractivity contribution in [3.05, 3.63) is 59.4 Å². The number of nitrogens with one attached hydrogen (secondary N) is 1. The number of anilines is 1. The SMILES string of the molecule is Cc1ccc(F)c(NC(=O)c2cccc(S(=O)(=O)N(C)C(C)C)c2)c1. The number of carbonyl (C=O) groups excluding carboxylic acids is 1. The molecule has 0 fully saturated rings. The predicted molar refractivity (Wildman–Crippen MR) is 95.6 cm³/mol. The first-order valence-electron chi connectivity index (χ1n) is 7.78. The Balaban J connectivity index is 2.32. The van der Waals surface area contributed by atoms with Crippen molar-refractivity contribution in [3.63, 3.8) is 0 Å². The van der Waals surface area contributed by atoms with E-state index in [1.165, 1.54) is 47.8 Å². The fourth-order valence-electron chi connectivity index (χ4n) is 2.17. The highest BCUT2D eigenvalue weighted by Crippen LogP contribution is 2.20. The summed E-state index contributed by atoms with van der Waals surface area (Å²) in [7, 11) is -2.22. The lowest BCUT2D eigenvalue weighted by Gasteiger charge is -2.21. The van der Waals surface area contributed by atoms with Gasteiger partial charge >= 0.3 is 0 Å². The van der Waals surface area contributed by atoms with Gasteiger partial charge in [-0.05, 0) is 56.7 Å². The Bertz CT molecular complexity index is 895. The summed E-state index contributed by atoms with van der Waals surface area (Å²) in [5.74, 6) is -1.13. The molecule has 0 saturated carbocycles. The molecule has 2 aromatic carbocycles. The van der Waals surface area contributed by atoms with E-state index >= 15 is 0 Å². The van der Waals surface area contributed by atoms with Gasteiger partial charge in [-0.2, -0.15) is 4.31 Å². The molecule has 0 aliphatic rings. The van der Waals surface area contributed by atoms with Crippen molar-refractivity contribution < 1.29 is 17.6 Å². The number of hydrogen-bond donors (Lipinski definition) is 1. The molecule has 1 amide bonds. The highest BCUT2D eigenvalue weighted by atomic mass is 32.2. The monoisotopic (exact) mass is 364 g/mol. The molecule has 5 nitrogen and oxygen atoms in total. The van der Waals surface area contributed by atoms with Crippen molar-refractivity contribution in [1.82, 2.24) is 4.31 Å². The lowest BCUT2D eigenvalue weighted by Crippen LogP contribution is -2.33. The van der Waals surface area contributed by atoms with Crippen molar-refractivity contribution >= 4 is 21.6 Å². The molecule has 0 spiro atoms. The van der Waals surface area contributed by atoms with Crippen LogP contribution in [0.15, 0.2) is 47.4 Å². The zero-order valence-electron chi connectivity index (χ0n) is 14.6. The fourth-order valence-corrected chi connectivity index (χ4v) is 3.59. The van der Waals surface area contributed by atoms with E-state index in [1.807, 2.05) is 0 Å². The Kier molecular flexibility index (Phi) is 5.59. The van der Waals surface area contributed by atoms with Crippen molar-refractivity contribution in [2.45, 2.75) is 31.7 Å². The van der Waals surface area contributed by atoms with Gasteiger partial charge in [0, 0.05) is 18.7 Å². The maximum absolute atomic E-state index is 13.8. The van der Waals surface area contributed by atoms with Crippen molar-refractivity contribution in [3.8, 4) is 0 Å². The number of aryl methyl sites for hydroxylation is 1. The van der Waals surface area contributed by atoms with Crippen molar-refractivity contribution in [1.29, 1.82) is 0 Å². The molecule has 2 aromatic rings. The van der Waals surface area contributed by atoms with Gasteiger partial charge in [0.25, 0.3) is 5.91 Å². The smallest absolute Gasteiger partial charge is 0.255 e. The lowest BCUT2D eigenvalue weighted by molar-refractivity contribution is 0.102. The van der Waals surface area contributed by atoms with Gasteiger partial charge in [0.2, 0.25) is 10.0 Å². The fraction of sp³-hybridized carbons (Fsp3) is 0.278. The average molecular weight is 364 g/mol. The molecule has 0 saturated heterocycles. The Morgan fingerprint density at radius 1 is 1.16 bits per heavy atom. The molecule has 2 rings (SSSR count). The molecule has 0 unspecified atom stereocenters. The van der Waals surface area contributed by atoms with E-state index in [-0.39, 0.29) is 22.2 Å². The number of halogens is 1. The van der Waals surface area contributed by atoms with Gasteiger partial charge in [-0.3, -0.25) is 4.79 Å². The van der Waals surface area contributed by atoms with Gasteiger partial charge in [0.1, 0.15) is 5.82 Å². The molecule has 0 atom stereocenters. The van der Waals surface area contributed by atoms with Crippen LogP contribution in [0.3, 0.4) is 0 Å². The third-order valence-electron chi connectivity index (χ3n) is 3.87. The van der Waals surface area contributed by atoms with E-state index in [0.717, 1.165) is 5.56 Å². The maximum Gasteiger partial charge on any atom is 0.255 e. The van der Waals surface area contributed by atoms with Gasteiger partial charge in [-0.1, -0.05) is 12.1 Å². The van der Waals surface area contributed by atoms with E-state index in [0.29, 0.717) is 0 Å². The molecule has 25 heavy (non-hydrogen) atoms. The van der Waals surface area contributed by atoms with Crippen LogP contribution in [-0.2, 0) is 10.0 Å². The summed E-state index contributed by atoms with van der Waals surface area (Å²) in [5.41, 5.74) is 0.989. The Morgan fingerprint density at radius 2 is 1.84 bits per heavy atom. The minimum atomic E-state index is -3.70. The van der Waals surface area contributed by atoms with Gasteiger partial charge < -0.3 is 5.32 Å². The minimum absolute atomic E-state index is 0.0149. The third kappa shape index (κ3) is 4.24. The second kappa shape index (κ2) is 7.33. The number of nitrogens with zero attached hydrogens (tertiary/aromatic N) is 1. The quantitative estimate of drug-likeness (QED) is 0.884. The van der Waals surface area contributed by atoms with E-state index in [1.54, 1.807) is 26.8 Å². The summed E-state index contributed by atoms with van der Waals surface area (Å²) in [6.45, 7) is 5.30. The molecule has 7 heteroatoms. The molecule has 0 radical (unpaired) electrons. The molecule has 0 heterocycles. The number of sulfonamides is 1. The van der Waals surface area contributed by atoms with E-state index < -0.39 is 21.7 Å². The predicted octanol–water partition coefficient (Wildman–Crippen LogP) is 3.42. The van der Waals surface area contributed by atoms with Gasteiger partial charge in [-0.15, -0.1) is 0 Å². The summed E-state index contributed by atoms with van der Waals surface area (Å²) in [6.07, 6.45) is 0. The first-order valence-corrected chi connectivity index (χ1v) is 9.22. The molecule has 0 aromatic heterocycles. The zero-order chi connectivity index (χ0) is 18.8. The highest BCUT2D eigenvalue weighted by molar-refractivity contribution is 7.89. The summed E-state index contributed by atoms with van der Waals surface area (Å²) < 4.78 is 40.1. The van der Waals surface area contributed by atoms with Gasteiger partial charge in [-0.25, -0.2) is 12.8 Å². The van der Waals surface area contributed by atoms with Crippen molar-refractivity contribution in [2.75, 3.05) is 12.4 Å². The van der Waals surface area contributed by atoms with Crippen LogP contribution >= 0.6 is 0 Å². The van der Waals surface area contributed by atoms with Gasteiger partial charge in [0.05, 0.1) is 10.6 Å². The van der Waals surface area contributed by atoms with Crippen LogP contribution in [0.5, 0.6) is 0 Å². The number of rotatable bonds is 5.